The summed E-state index contributed by atoms with van der Waals surface area (Å²) in [5.74, 6) is 1.47. The second-order valence-corrected chi connectivity index (χ2v) is 3.71. The molecule has 1 N–H and O–H groups in total. The van der Waals surface area contributed by atoms with E-state index < -0.39 is 0 Å². The van der Waals surface area contributed by atoms with E-state index in [4.69, 9.17) is 16.3 Å². The van der Waals surface area contributed by atoms with Crippen molar-refractivity contribution in [3.05, 3.63) is 47.9 Å². The van der Waals surface area contributed by atoms with Gasteiger partial charge in [-0.05, 0) is 12.1 Å². The number of halogens is 1. The number of ether oxygens (including phenoxy) is 1. The van der Waals surface area contributed by atoms with E-state index in [9.17, 15) is 0 Å². The van der Waals surface area contributed by atoms with Crippen molar-refractivity contribution in [1.29, 1.82) is 0 Å². The fraction of sp³-hybridized carbons (Fsp3) is 0.167. The number of hydrogen-bond donors (Lipinski definition) is 1. The van der Waals surface area contributed by atoms with Gasteiger partial charge in [-0.25, -0.2) is 9.97 Å². The highest BCUT2D eigenvalue weighted by atomic mass is 35.5. The van der Waals surface area contributed by atoms with Crippen molar-refractivity contribution in [3.63, 3.8) is 0 Å². The monoisotopic (exact) mass is 249 g/mol. The molecule has 0 fully saturated rings. The van der Waals surface area contributed by atoms with Gasteiger partial charge in [-0.2, -0.15) is 0 Å². The quantitative estimate of drug-likeness (QED) is 0.828. The van der Waals surface area contributed by atoms with Gasteiger partial charge in [0.25, 0.3) is 0 Å². The number of anilines is 1. The van der Waals surface area contributed by atoms with Crippen LogP contribution in [0.1, 0.15) is 0 Å². The highest BCUT2D eigenvalue weighted by Crippen LogP contribution is 2.15. The Morgan fingerprint density at radius 1 is 1.24 bits per heavy atom. The molecule has 1 aromatic carbocycles. The van der Waals surface area contributed by atoms with Crippen molar-refractivity contribution in [3.8, 4) is 5.75 Å². The number of nitrogens with zero attached hydrogens (tertiary/aromatic N) is 2. The highest BCUT2D eigenvalue weighted by Gasteiger charge is 1.99. The minimum absolute atomic E-state index is 0.507. The minimum Gasteiger partial charge on any atom is -0.492 e. The average Bonchev–Trinajstić information content (AvgIpc) is 2.38. The Bertz CT molecular complexity index is 464. The summed E-state index contributed by atoms with van der Waals surface area (Å²) in [6.45, 7) is 1.18. The molecule has 2 rings (SSSR count). The Kier molecular flexibility index (Phi) is 4.16. The van der Waals surface area contributed by atoms with Crippen LogP contribution >= 0.6 is 11.6 Å². The van der Waals surface area contributed by atoms with Crippen LogP contribution in [-0.2, 0) is 0 Å². The Balaban J connectivity index is 1.76. The molecule has 2 aromatic rings. The molecule has 0 aliphatic rings. The SMILES string of the molecule is Clc1cncnc1NCCOc1ccccc1. The summed E-state index contributed by atoms with van der Waals surface area (Å²) >= 11 is 5.89. The molecule has 0 aliphatic carbocycles. The third-order valence-corrected chi connectivity index (χ3v) is 2.35. The maximum Gasteiger partial charge on any atom is 0.148 e. The summed E-state index contributed by atoms with van der Waals surface area (Å²) in [5, 5.41) is 3.58. The fourth-order valence-corrected chi connectivity index (χ4v) is 1.47. The first kappa shape index (κ1) is 11.7. The molecule has 5 heteroatoms. The lowest BCUT2D eigenvalue weighted by Gasteiger charge is -2.08. The van der Waals surface area contributed by atoms with E-state index in [1.807, 2.05) is 30.3 Å². The lowest BCUT2D eigenvalue weighted by molar-refractivity contribution is 0.333. The third kappa shape index (κ3) is 3.60. The van der Waals surface area contributed by atoms with Crippen molar-refractivity contribution in [1.82, 2.24) is 9.97 Å². The molecule has 17 heavy (non-hydrogen) atoms. The fourth-order valence-electron chi connectivity index (χ4n) is 1.30. The van der Waals surface area contributed by atoms with E-state index >= 15 is 0 Å². The molecule has 0 unspecified atom stereocenters. The molecular formula is C12H12ClN3O. The van der Waals surface area contributed by atoms with E-state index in [-0.39, 0.29) is 0 Å². The summed E-state index contributed by atoms with van der Waals surface area (Å²) in [5.41, 5.74) is 0. The zero-order valence-electron chi connectivity index (χ0n) is 9.14. The van der Waals surface area contributed by atoms with Crippen molar-refractivity contribution < 1.29 is 4.74 Å². The molecule has 1 heterocycles. The molecule has 0 spiro atoms. The summed E-state index contributed by atoms with van der Waals surface area (Å²) in [6.07, 6.45) is 3.00. The van der Waals surface area contributed by atoms with Crippen LogP contribution in [0.4, 0.5) is 5.82 Å². The average molecular weight is 250 g/mol. The van der Waals surface area contributed by atoms with Gasteiger partial charge in [-0.15, -0.1) is 0 Å². The Morgan fingerprint density at radius 3 is 2.82 bits per heavy atom. The van der Waals surface area contributed by atoms with Crippen LogP contribution in [0.3, 0.4) is 0 Å². The predicted molar refractivity (Wildman–Crippen MR) is 67.5 cm³/mol. The lowest BCUT2D eigenvalue weighted by Crippen LogP contribution is -2.12. The molecule has 0 bridgehead atoms. The molecule has 4 nitrogen and oxygen atoms in total. The van der Waals surface area contributed by atoms with Crippen molar-refractivity contribution in [2.24, 2.45) is 0 Å². The van der Waals surface area contributed by atoms with Crippen LogP contribution in [-0.4, -0.2) is 23.1 Å². The van der Waals surface area contributed by atoms with E-state index in [2.05, 4.69) is 15.3 Å². The first-order valence-corrected chi connectivity index (χ1v) is 5.61. The summed E-state index contributed by atoms with van der Waals surface area (Å²) in [4.78, 5) is 7.82. The number of aromatic nitrogens is 2. The van der Waals surface area contributed by atoms with Crippen molar-refractivity contribution >= 4 is 17.4 Å². The van der Waals surface area contributed by atoms with Crippen LogP contribution in [0, 0.1) is 0 Å². The Morgan fingerprint density at radius 2 is 2.06 bits per heavy atom. The maximum absolute atomic E-state index is 5.89. The zero-order chi connectivity index (χ0) is 11.9. The van der Waals surface area contributed by atoms with Crippen LogP contribution in [0.15, 0.2) is 42.9 Å². The van der Waals surface area contributed by atoms with E-state index in [1.165, 1.54) is 6.33 Å². The molecule has 0 atom stereocenters. The minimum atomic E-state index is 0.507. The second-order valence-electron chi connectivity index (χ2n) is 3.31. The Labute approximate surface area is 105 Å². The summed E-state index contributed by atoms with van der Waals surface area (Å²) < 4.78 is 5.52. The van der Waals surface area contributed by atoms with Crippen LogP contribution in [0.2, 0.25) is 5.02 Å². The van der Waals surface area contributed by atoms with Crippen LogP contribution in [0.5, 0.6) is 5.75 Å². The summed E-state index contributed by atoms with van der Waals surface area (Å²) in [6, 6.07) is 9.65. The molecule has 0 amide bonds. The number of hydrogen-bond acceptors (Lipinski definition) is 4. The molecule has 0 aliphatic heterocycles. The zero-order valence-corrected chi connectivity index (χ0v) is 9.89. The molecule has 1 aromatic heterocycles. The van der Waals surface area contributed by atoms with Gasteiger partial charge in [0, 0.05) is 0 Å². The topological polar surface area (TPSA) is 47.0 Å². The molecular weight excluding hydrogens is 238 g/mol. The number of rotatable bonds is 5. The largest absolute Gasteiger partial charge is 0.492 e. The summed E-state index contributed by atoms with van der Waals surface area (Å²) in [7, 11) is 0. The third-order valence-electron chi connectivity index (χ3n) is 2.07. The molecule has 88 valence electrons. The number of benzene rings is 1. The first-order valence-electron chi connectivity index (χ1n) is 5.23. The number of nitrogens with one attached hydrogen (secondary N) is 1. The predicted octanol–water partition coefficient (Wildman–Crippen LogP) is 2.62. The molecule has 0 radical (unpaired) electrons. The number of para-hydroxylation sites is 1. The smallest absolute Gasteiger partial charge is 0.148 e. The van der Waals surface area contributed by atoms with Crippen molar-refractivity contribution in [2.75, 3.05) is 18.5 Å². The standard InChI is InChI=1S/C12H12ClN3O/c13-11-8-14-9-16-12(11)15-6-7-17-10-4-2-1-3-5-10/h1-5,8-9H,6-7H2,(H,14,15,16). The van der Waals surface area contributed by atoms with Gasteiger partial charge in [-0.3, -0.25) is 0 Å². The van der Waals surface area contributed by atoms with Gasteiger partial charge in [0.1, 0.15) is 29.5 Å². The van der Waals surface area contributed by atoms with E-state index in [1.54, 1.807) is 6.20 Å². The second kappa shape index (κ2) is 6.06. The van der Waals surface area contributed by atoms with Gasteiger partial charge in [0.15, 0.2) is 0 Å². The highest BCUT2D eigenvalue weighted by molar-refractivity contribution is 6.32. The van der Waals surface area contributed by atoms with Gasteiger partial charge in [-0.1, -0.05) is 29.8 Å². The van der Waals surface area contributed by atoms with E-state index in [0.29, 0.717) is 24.0 Å². The van der Waals surface area contributed by atoms with Gasteiger partial charge >= 0.3 is 0 Å². The van der Waals surface area contributed by atoms with Gasteiger partial charge in [0.05, 0.1) is 12.7 Å². The van der Waals surface area contributed by atoms with Gasteiger partial charge < -0.3 is 10.1 Å². The van der Waals surface area contributed by atoms with E-state index in [0.717, 1.165) is 5.75 Å². The maximum atomic E-state index is 5.89. The van der Waals surface area contributed by atoms with Crippen LogP contribution in [0.25, 0.3) is 0 Å². The molecule has 0 saturated carbocycles. The normalized spacial score (nSPS) is 9.94. The van der Waals surface area contributed by atoms with Gasteiger partial charge in [0.2, 0.25) is 0 Å². The van der Waals surface area contributed by atoms with Crippen LogP contribution < -0.4 is 10.1 Å². The first-order chi connectivity index (χ1) is 8.36. The van der Waals surface area contributed by atoms with Crippen molar-refractivity contribution in [2.45, 2.75) is 0 Å². The Hall–Kier alpha value is -1.81. The molecule has 0 saturated heterocycles. The lowest BCUT2D eigenvalue weighted by atomic mass is 10.3.